The van der Waals surface area contributed by atoms with E-state index >= 15 is 0 Å². The second-order valence-electron chi connectivity index (χ2n) is 4.03. The third-order valence-electron chi connectivity index (χ3n) is 3.08. The molecule has 5 heteroatoms. The Kier molecular flexibility index (Phi) is 3.14. The molecule has 0 saturated carbocycles. The van der Waals surface area contributed by atoms with Gasteiger partial charge in [-0.3, -0.25) is 0 Å². The number of methoxy groups -OCH3 is 2. The summed E-state index contributed by atoms with van der Waals surface area (Å²) >= 11 is 0. The van der Waals surface area contributed by atoms with Crippen LogP contribution in [0.3, 0.4) is 0 Å². The summed E-state index contributed by atoms with van der Waals surface area (Å²) in [5.74, 6) is 1.98. The summed E-state index contributed by atoms with van der Waals surface area (Å²) in [6.07, 6.45) is 0. The zero-order chi connectivity index (χ0) is 13.3. The van der Waals surface area contributed by atoms with Crippen LogP contribution in [0.1, 0.15) is 5.69 Å². The first-order chi connectivity index (χ1) is 8.58. The van der Waals surface area contributed by atoms with Gasteiger partial charge in [-0.2, -0.15) is 0 Å². The van der Waals surface area contributed by atoms with Crippen LogP contribution in [-0.4, -0.2) is 23.8 Å². The summed E-state index contributed by atoms with van der Waals surface area (Å²) in [5, 5.41) is 0. The molecule has 0 radical (unpaired) electrons. The van der Waals surface area contributed by atoms with Crippen LogP contribution in [-0.2, 0) is 7.05 Å². The van der Waals surface area contributed by atoms with E-state index in [0.29, 0.717) is 5.95 Å². The van der Waals surface area contributed by atoms with E-state index in [1.54, 1.807) is 14.2 Å². The van der Waals surface area contributed by atoms with Gasteiger partial charge in [0.1, 0.15) is 11.5 Å². The molecule has 0 unspecified atom stereocenters. The maximum Gasteiger partial charge on any atom is 0.200 e. The van der Waals surface area contributed by atoms with Crippen molar-refractivity contribution in [1.29, 1.82) is 0 Å². The summed E-state index contributed by atoms with van der Waals surface area (Å²) < 4.78 is 12.4. The van der Waals surface area contributed by atoms with Gasteiger partial charge in [0.2, 0.25) is 5.95 Å². The van der Waals surface area contributed by atoms with Crippen molar-refractivity contribution in [3.05, 3.63) is 23.9 Å². The minimum Gasteiger partial charge on any atom is -0.497 e. The molecule has 2 aromatic rings. The molecule has 0 aliphatic heterocycles. The highest BCUT2D eigenvalue weighted by Crippen LogP contribution is 2.34. The number of nitrogens with zero attached hydrogens (tertiary/aromatic N) is 2. The molecule has 0 fully saturated rings. The van der Waals surface area contributed by atoms with Crippen molar-refractivity contribution >= 4 is 5.95 Å². The molecular formula is C13H17N3O2. The Balaban J connectivity index is 2.64. The van der Waals surface area contributed by atoms with Crippen LogP contribution in [0.25, 0.3) is 11.3 Å². The van der Waals surface area contributed by atoms with Crippen molar-refractivity contribution < 1.29 is 9.47 Å². The molecule has 0 spiro atoms. The lowest BCUT2D eigenvalue weighted by atomic mass is 10.1. The van der Waals surface area contributed by atoms with Gasteiger partial charge in [0.05, 0.1) is 19.9 Å². The molecule has 0 saturated heterocycles. The number of aromatic nitrogens is 2. The Morgan fingerprint density at radius 1 is 1.22 bits per heavy atom. The Morgan fingerprint density at radius 2 is 1.94 bits per heavy atom. The van der Waals surface area contributed by atoms with E-state index in [9.17, 15) is 0 Å². The van der Waals surface area contributed by atoms with E-state index in [2.05, 4.69) is 4.98 Å². The molecule has 2 N–H and O–H groups in total. The van der Waals surface area contributed by atoms with Crippen LogP contribution in [0.4, 0.5) is 5.95 Å². The SMILES string of the molecule is COc1ccc(OC)c(-c2nc(N)n(C)c2C)c1. The predicted molar refractivity (Wildman–Crippen MR) is 70.9 cm³/mol. The first-order valence-electron chi connectivity index (χ1n) is 5.59. The van der Waals surface area contributed by atoms with Crippen LogP contribution in [0.2, 0.25) is 0 Å². The molecule has 1 aromatic carbocycles. The molecule has 1 aromatic heterocycles. The second-order valence-corrected chi connectivity index (χ2v) is 4.03. The molecular weight excluding hydrogens is 230 g/mol. The van der Waals surface area contributed by atoms with Crippen LogP contribution < -0.4 is 15.2 Å². The average molecular weight is 247 g/mol. The highest BCUT2D eigenvalue weighted by Gasteiger charge is 2.15. The molecule has 0 atom stereocenters. The highest BCUT2D eigenvalue weighted by molar-refractivity contribution is 5.72. The van der Waals surface area contributed by atoms with E-state index in [-0.39, 0.29) is 0 Å². The highest BCUT2D eigenvalue weighted by atomic mass is 16.5. The Labute approximate surface area is 106 Å². The number of anilines is 1. The summed E-state index contributed by atoms with van der Waals surface area (Å²) in [4.78, 5) is 4.37. The standard InChI is InChI=1S/C13H17N3O2/c1-8-12(15-13(14)16(8)2)10-7-9(17-3)5-6-11(10)18-4/h5-7H,1-4H3,(H2,14,15). The molecule has 96 valence electrons. The van der Waals surface area contributed by atoms with Crippen molar-refractivity contribution in [2.45, 2.75) is 6.92 Å². The molecule has 0 amide bonds. The van der Waals surface area contributed by atoms with Gasteiger partial charge < -0.3 is 19.8 Å². The summed E-state index contributed by atoms with van der Waals surface area (Å²) in [6, 6.07) is 5.61. The van der Waals surface area contributed by atoms with Crippen LogP contribution >= 0.6 is 0 Å². The van der Waals surface area contributed by atoms with Crippen molar-refractivity contribution in [3.8, 4) is 22.8 Å². The van der Waals surface area contributed by atoms with Crippen molar-refractivity contribution in [2.75, 3.05) is 20.0 Å². The summed E-state index contributed by atoms with van der Waals surface area (Å²) in [6.45, 7) is 1.97. The first kappa shape index (κ1) is 12.3. The Hall–Kier alpha value is -2.17. The van der Waals surface area contributed by atoms with E-state index < -0.39 is 0 Å². The third kappa shape index (κ3) is 1.88. The third-order valence-corrected chi connectivity index (χ3v) is 3.08. The van der Waals surface area contributed by atoms with Crippen LogP contribution in [0, 0.1) is 6.92 Å². The van der Waals surface area contributed by atoms with Gasteiger partial charge in [-0.05, 0) is 25.1 Å². The van der Waals surface area contributed by atoms with Gasteiger partial charge in [-0.15, -0.1) is 0 Å². The molecule has 0 aliphatic rings. The number of imidazole rings is 1. The topological polar surface area (TPSA) is 62.3 Å². The number of rotatable bonds is 3. The maximum absolute atomic E-state index is 5.82. The van der Waals surface area contributed by atoms with Crippen molar-refractivity contribution in [3.63, 3.8) is 0 Å². The van der Waals surface area contributed by atoms with E-state index in [1.807, 2.05) is 36.7 Å². The van der Waals surface area contributed by atoms with Gasteiger partial charge in [-0.1, -0.05) is 0 Å². The fourth-order valence-electron chi connectivity index (χ4n) is 1.86. The Bertz CT molecular complexity index is 576. The molecule has 18 heavy (non-hydrogen) atoms. The Morgan fingerprint density at radius 3 is 2.44 bits per heavy atom. The summed E-state index contributed by atoms with van der Waals surface area (Å²) in [7, 11) is 5.14. The number of benzene rings is 1. The van der Waals surface area contributed by atoms with Crippen LogP contribution in [0.5, 0.6) is 11.5 Å². The van der Waals surface area contributed by atoms with E-state index in [4.69, 9.17) is 15.2 Å². The molecule has 1 heterocycles. The fraction of sp³-hybridized carbons (Fsp3) is 0.308. The zero-order valence-corrected chi connectivity index (χ0v) is 11.0. The minimum atomic E-state index is 0.479. The first-order valence-corrected chi connectivity index (χ1v) is 5.59. The van der Waals surface area contributed by atoms with Gasteiger partial charge in [0.25, 0.3) is 0 Å². The largest absolute Gasteiger partial charge is 0.497 e. The molecule has 2 rings (SSSR count). The lowest BCUT2D eigenvalue weighted by molar-refractivity contribution is 0.404. The number of nitrogen functional groups attached to an aromatic ring is 1. The molecule has 0 aliphatic carbocycles. The van der Waals surface area contributed by atoms with Gasteiger partial charge in [0.15, 0.2) is 0 Å². The minimum absolute atomic E-state index is 0.479. The number of hydrogen-bond donors (Lipinski definition) is 1. The summed E-state index contributed by atoms with van der Waals surface area (Å²) in [5.41, 5.74) is 8.49. The lowest BCUT2D eigenvalue weighted by Crippen LogP contribution is -1.97. The predicted octanol–water partition coefficient (Wildman–Crippen LogP) is 1.99. The van der Waals surface area contributed by atoms with Crippen molar-refractivity contribution in [1.82, 2.24) is 9.55 Å². The smallest absolute Gasteiger partial charge is 0.200 e. The number of nitrogens with two attached hydrogens (primary N) is 1. The van der Waals surface area contributed by atoms with E-state index in [1.165, 1.54) is 0 Å². The van der Waals surface area contributed by atoms with Crippen LogP contribution in [0.15, 0.2) is 18.2 Å². The number of hydrogen-bond acceptors (Lipinski definition) is 4. The lowest BCUT2D eigenvalue weighted by Gasteiger charge is -2.09. The quantitative estimate of drug-likeness (QED) is 0.901. The second kappa shape index (κ2) is 4.60. The maximum atomic E-state index is 5.82. The molecule has 5 nitrogen and oxygen atoms in total. The van der Waals surface area contributed by atoms with E-state index in [0.717, 1.165) is 28.5 Å². The molecule has 0 bridgehead atoms. The number of ether oxygens (including phenoxy) is 2. The van der Waals surface area contributed by atoms with Gasteiger partial charge in [-0.25, -0.2) is 4.98 Å². The average Bonchev–Trinajstić information content (AvgIpc) is 2.65. The zero-order valence-electron chi connectivity index (χ0n) is 11.0. The monoisotopic (exact) mass is 247 g/mol. The van der Waals surface area contributed by atoms with Crippen molar-refractivity contribution in [2.24, 2.45) is 7.05 Å². The van der Waals surface area contributed by atoms with Gasteiger partial charge >= 0.3 is 0 Å². The normalized spacial score (nSPS) is 10.4. The van der Waals surface area contributed by atoms with Gasteiger partial charge in [0, 0.05) is 18.3 Å². The fourth-order valence-corrected chi connectivity index (χ4v) is 1.86.